The molecule has 110 valence electrons. The maximum atomic E-state index is 12.6. The summed E-state index contributed by atoms with van der Waals surface area (Å²) >= 11 is 0. The number of aryl methyl sites for hydroxylation is 1. The molecule has 0 atom stereocenters. The number of nitrogens with zero attached hydrogens (tertiary/aromatic N) is 1. The van der Waals surface area contributed by atoms with E-state index in [1.54, 1.807) is 18.2 Å². The van der Waals surface area contributed by atoms with Crippen LogP contribution in [0.25, 0.3) is 16.8 Å². The Morgan fingerprint density at radius 2 is 1.74 bits per heavy atom. The molecule has 0 spiro atoms. The summed E-state index contributed by atoms with van der Waals surface area (Å²) < 4.78 is 0. The van der Waals surface area contributed by atoms with Crippen LogP contribution in [0.2, 0.25) is 0 Å². The van der Waals surface area contributed by atoms with Crippen LogP contribution < -0.4 is 0 Å². The van der Waals surface area contributed by atoms with Gasteiger partial charge < -0.3 is 0 Å². The Morgan fingerprint density at radius 1 is 1.00 bits per heavy atom. The lowest BCUT2D eigenvalue weighted by molar-refractivity contribution is 0.104. The molecule has 0 heterocycles. The molecule has 3 rings (SSSR count). The molecule has 0 unspecified atom stereocenters. The Bertz CT molecular complexity index is 955. The van der Waals surface area contributed by atoms with Gasteiger partial charge in [0.05, 0.1) is 0 Å². The molecule has 0 radical (unpaired) electrons. The molecule has 2 nitrogen and oxygen atoms in total. The predicted octanol–water partition coefficient (Wildman–Crippen LogP) is 4.94. The van der Waals surface area contributed by atoms with E-state index in [9.17, 15) is 10.1 Å². The fourth-order valence-electron chi connectivity index (χ4n) is 2.62. The number of benzene rings is 3. The van der Waals surface area contributed by atoms with Crippen LogP contribution in [0.1, 0.15) is 21.5 Å². The van der Waals surface area contributed by atoms with Crippen LogP contribution in [0, 0.1) is 18.3 Å². The summed E-state index contributed by atoms with van der Waals surface area (Å²) in [5.41, 5.74) is 2.56. The minimum atomic E-state index is -0.246. The van der Waals surface area contributed by atoms with Crippen molar-refractivity contribution in [1.82, 2.24) is 0 Å². The highest BCUT2D eigenvalue weighted by Crippen LogP contribution is 2.22. The number of rotatable bonds is 3. The van der Waals surface area contributed by atoms with Crippen LogP contribution >= 0.6 is 0 Å². The first kappa shape index (κ1) is 14.7. The highest BCUT2D eigenvalue weighted by atomic mass is 16.1. The summed E-state index contributed by atoms with van der Waals surface area (Å²) in [4.78, 5) is 12.6. The maximum absolute atomic E-state index is 12.6. The minimum absolute atomic E-state index is 0.145. The van der Waals surface area contributed by atoms with Gasteiger partial charge in [0.25, 0.3) is 0 Å². The molecule has 3 aromatic carbocycles. The van der Waals surface area contributed by atoms with Crippen molar-refractivity contribution in [2.45, 2.75) is 6.92 Å². The zero-order valence-corrected chi connectivity index (χ0v) is 12.8. The summed E-state index contributed by atoms with van der Waals surface area (Å²) in [5, 5.41) is 11.5. The van der Waals surface area contributed by atoms with Gasteiger partial charge in [-0.05, 0) is 35.4 Å². The number of carbonyl (C=O) groups excluding carboxylic acids is 1. The summed E-state index contributed by atoms with van der Waals surface area (Å²) in [6, 6.07) is 23.1. The predicted molar refractivity (Wildman–Crippen MR) is 93.0 cm³/mol. The van der Waals surface area contributed by atoms with Gasteiger partial charge >= 0.3 is 0 Å². The van der Waals surface area contributed by atoms with Crippen LogP contribution in [0.5, 0.6) is 0 Å². The van der Waals surface area contributed by atoms with Crippen molar-refractivity contribution in [3.8, 4) is 6.07 Å². The molecule has 0 aliphatic heterocycles. The zero-order chi connectivity index (χ0) is 16.2. The third-order valence-corrected chi connectivity index (χ3v) is 3.77. The monoisotopic (exact) mass is 297 g/mol. The Balaban J connectivity index is 2.08. The van der Waals surface area contributed by atoms with Gasteiger partial charge in [-0.25, -0.2) is 0 Å². The molecule has 23 heavy (non-hydrogen) atoms. The Kier molecular flexibility index (Phi) is 4.03. The number of carbonyl (C=O) groups is 1. The van der Waals surface area contributed by atoms with Crippen molar-refractivity contribution in [2.75, 3.05) is 0 Å². The molecule has 0 aliphatic carbocycles. The first-order chi connectivity index (χ1) is 11.2. The summed E-state index contributed by atoms with van der Waals surface area (Å²) in [7, 11) is 0. The molecule has 0 aliphatic rings. The lowest BCUT2D eigenvalue weighted by Crippen LogP contribution is -2.02. The van der Waals surface area contributed by atoms with Crippen molar-refractivity contribution in [2.24, 2.45) is 0 Å². The molecular formula is C21H15NO. The summed E-state index contributed by atoms with van der Waals surface area (Å²) in [5.74, 6) is -0.246. The topological polar surface area (TPSA) is 40.9 Å². The SMILES string of the molecule is Cc1cccc(C(=O)/C(C#N)=C/c2cccc3ccccc23)c1. The highest BCUT2D eigenvalue weighted by Gasteiger charge is 2.12. The molecule has 0 N–H and O–H groups in total. The van der Waals surface area contributed by atoms with Crippen LogP contribution in [-0.2, 0) is 0 Å². The van der Waals surface area contributed by atoms with E-state index in [0.717, 1.165) is 21.9 Å². The largest absolute Gasteiger partial charge is 0.288 e. The second kappa shape index (κ2) is 6.29. The number of nitriles is 1. The molecule has 0 fully saturated rings. The van der Waals surface area contributed by atoms with Gasteiger partial charge in [-0.2, -0.15) is 5.26 Å². The number of hydrogen-bond donors (Lipinski definition) is 0. The Morgan fingerprint density at radius 3 is 2.52 bits per heavy atom. The number of allylic oxidation sites excluding steroid dienone is 1. The van der Waals surface area contributed by atoms with Crippen LogP contribution in [0.15, 0.2) is 72.3 Å². The van der Waals surface area contributed by atoms with Crippen molar-refractivity contribution in [1.29, 1.82) is 5.26 Å². The van der Waals surface area contributed by atoms with Crippen molar-refractivity contribution >= 4 is 22.6 Å². The van der Waals surface area contributed by atoms with Gasteiger partial charge in [0.2, 0.25) is 5.78 Å². The number of fused-ring (bicyclic) bond motifs is 1. The van der Waals surface area contributed by atoms with Crippen LogP contribution in [-0.4, -0.2) is 5.78 Å². The average molecular weight is 297 g/mol. The smallest absolute Gasteiger partial charge is 0.203 e. The quantitative estimate of drug-likeness (QED) is 0.390. The van der Waals surface area contributed by atoms with Crippen LogP contribution in [0.3, 0.4) is 0 Å². The van der Waals surface area contributed by atoms with Gasteiger partial charge in [-0.15, -0.1) is 0 Å². The minimum Gasteiger partial charge on any atom is -0.288 e. The van der Waals surface area contributed by atoms with E-state index in [1.807, 2.05) is 67.6 Å². The van der Waals surface area contributed by atoms with Crippen LogP contribution in [0.4, 0.5) is 0 Å². The summed E-state index contributed by atoms with van der Waals surface area (Å²) in [6.07, 6.45) is 1.67. The zero-order valence-electron chi connectivity index (χ0n) is 12.8. The van der Waals surface area contributed by atoms with Crippen molar-refractivity contribution in [3.63, 3.8) is 0 Å². The number of Topliss-reactive ketones (excluding diaryl/α,β-unsaturated/α-hetero) is 1. The van der Waals surface area contributed by atoms with E-state index in [2.05, 4.69) is 0 Å². The maximum Gasteiger partial charge on any atom is 0.203 e. The third kappa shape index (κ3) is 3.04. The highest BCUT2D eigenvalue weighted by molar-refractivity contribution is 6.14. The molecule has 2 heteroatoms. The summed E-state index contributed by atoms with van der Waals surface area (Å²) in [6.45, 7) is 1.93. The van der Waals surface area contributed by atoms with Gasteiger partial charge in [0.1, 0.15) is 11.6 Å². The van der Waals surface area contributed by atoms with Crippen molar-refractivity contribution in [3.05, 3.63) is 89.0 Å². The molecule has 0 aromatic heterocycles. The van der Waals surface area contributed by atoms with E-state index in [1.165, 1.54) is 0 Å². The molecular weight excluding hydrogens is 282 g/mol. The van der Waals surface area contributed by atoms with E-state index in [0.29, 0.717) is 5.56 Å². The molecule has 0 amide bonds. The number of hydrogen-bond acceptors (Lipinski definition) is 2. The molecule has 0 saturated carbocycles. The lowest BCUT2D eigenvalue weighted by Gasteiger charge is -2.04. The van der Waals surface area contributed by atoms with Gasteiger partial charge in [0.15, 0.2) is 0 Å². The lowest BCUT2D eigenvalue weighted by atomic mass is 9.98. The first-order valence-electron chi connectivity index (χ1n) is 7.40. The van der Waals surface area contributed by atoms with E-state index < -0.39 is 0 Å². The van der Waals surface area contributed by atoms with E-state index in [-0.39, 0.29) is 11.4 Å². The molecule has 0 bridgehead atoms. The standard InChI is InChI=1S/C21H15NO/c1-15-6-4-10-18(12-15)21(23)19(14-22)13-17-9-5-8-16-7-2-3-11-20(16)17/h2-13H,1H3/b19-13+. The van der Waals surface area contributed by atoms with E-state index in [4.69, 9.17) is 0 Å². The average Bonchev–Trinajstić information content (AvgIpc) is 2.59. The van der Waals surface area contributed by atoms with Gasteiger partial charge in [-0.3, -0.25) is 4.79 Å². The van der Waals surface area contributed by atoms with Crippen molar-refractivity contribution < 1.29 is 4.79 Å². The fraction of sp³-hybridized carbons (Fsp3) is 0.0476. The molecule has 3 aromatic rings. The Hall–Kier alpha value is -3.18. The third-order valence-electron chi connectivity index (χ3n) is 3.77. The first-order valence-corrected chi connectivity index (χ1v) is 7.40. The van der Waals surface area contributed by atoms with Gasteiger partial charge in [0, 0.05) is 5.56 Å². The van der Waals surface area contributed by atoms with E-state index >= 15 is 0 Å². The normalized spacial score (nSPS) is 11.2. The number of ketones is 1. The fourth-order valence-corrected chi connectivity index (χ4v) is 2.62. The second-order valence-corrected chi connectivity index (χ2v) is 5.44. The second-order valence-electron chi connectivity index (χ2n) is 5.44. The Labute approximate surface area is 135 Å². The van der Waals surface area contributed by atoms with Gasteiger partial charge in [-0.1, -0.05) is 66.2 Å². The molecule has 0 saturated heterocycles.